The molecule has 0 saturated heterocycles. The van der Waals surface area contributed by atoms with Crippen molar-refractivity contribution in [3.63, 3.8) is 0 Å². The Bertz CT molecular complexity index is 409. The van der Waals surface area contributed by atoms with Crippen LogP contribution in [0.3, 0.4) is 0 Å². The van der Waals surface area contributed by atoms with Crippen LogP contribution in [-0.2, 0) is 9.59 Å². The van der Waals surface area contributed by atoms with Crippen LogP contribution in [0.2, 0.25) is 0 Å². The maximum atomic E-state index is 11.3. The van der Waals surface area contributed by atoms with E-state index in [1.807, 2.05) is 0 Å². The van der Waals surface area contributed by atoms with E-state index in [1.165, 1.54) is 109 Å². The number of hydrogen-bond donors (Lipinski definition) is 1. The Morgan fingerprint density at radius 1 is 0.655 bits per heavy atom. The van der Waals surface area contributed by atoms with Crippen molar-refractivity contribution in [3.05, 3.63) is 0 Å². The molecule has 1 amide bonds. The summed E-state index contributed by atoms with van der Waals surface area (Å²) in [6, 6.07) is 0. The van der Waals surface area contributed by atoms with Crippen LogP contribution in [0.5, 0.6) is 0 Å². The van der Waals surface area contributed by atoms with Crippen molar-refractivity contribution >= 4 is 12.0 Å². The highest BCUT2D eigenvalue weighted by Gasteiger charge is 2.08. The SMILES string of the molecule is CCCCCCCCCCCCCCCCCCCCCCC(=O)N(O)N=C=O. The summed E-state index contributed by atoms with van der Waals surface area (Å²) in [6.07, 6.45) is 27.7. The number of carbonyl (C=O) groups is 1. The highest BCUT2D eigenvalue weighted by Crippen LogP contribution is 2.15. The van der Waals surface area contributed by atoms with Crippen LogP contribution >= 0.6 is 0 Å². The minimum absolute atomic E-state index is 0.0859. The molecule has 0 rings (SSSR count). The van der Waals surface area contributed by atoms with Crippen LogP contribution in [0.15, 0.2) is 5.10 Å². The third-order valence-corrected chi connectivity index (χ3v) is 5.60. The van der Waals surface area contributed by atoms with Gasteiger partial charge in [0.25, 0.3) is 12.0 Å². The molecule has 0 aliphatic carbocycles. The van der Waals surface area contributed by atoms with Crippen LogP contribution in [-0.4, -0.2) is 22.4 Å². The van der Waals surface area contributed by atoms with Crippen LogP contribution in [0.1, 0.15) is 142 Å². The molecule has 0 bridgehead atoms. The molecule has 0 spiro atoms. The Morgan fingerprint density at radius 3 is 1.28 bits per heavy atom. The van der Waals surface area contributed by atoms with Gasteiger partial charge in [-0.1, -0.05) is 139 Å². The highest BCUT2D eigenvalue weighted by atomic mass is 16.5. The predicted molar refractivity (Wildman–Crippen MR) is 119 cm³/mol. The van der Waals surface area contributed by atoms with E-state index in [4.69, 9.17) is 5.21 Å². The lowest BCUT2D eigenvalue weighted by molar-refractivity contribution is -0.165. The Morgan fingerprint density at radius 2 is 0.966 bits per heavy atom. The van der Waals surface area contributed by atoms with E-state index in [1.54, 1.807) is 0 Å². The molecule has 29 heavy (non-hydrogen) atoms. The second kappa shape index (κ2) is 23.1. The third-order valence-electron chi connectivity index (χ3n) is 5.60. The molecule has 0 heterocycles. The van der Waals surface area contributed by atoms with Gasteiger partial charge < -0.3 is 0 Å². The Hall–Kier alpha value is -1.19. The summed E-state index contributed by atoms with van der Waals surface area (Å²) in [4.78, 5) is 21.3. The topological polar surface area (TPSA) is 70.0 Å². The van der Waals surface area contributed by atoms with Gasteiger partial charge in [0.05, 0.1) is 0 Å². The van der Waals surface area contributed by atoms with Crippen molar-refractivity contribution in [2.45, 2.75) is 142 Å². The monoisotopic (exact) mass is 410 g/mol. The van der Waals surface area contributed by atoms with Crippen molar-refractivity contribution in [1.29, 1.82) is 0 Å². The van der Waals surface area contributed by atoms with E-state index in [0.717, 1.165) is 25.3 Å². The third kappa shape index (κ3) is 21.3. The number of amides is 1. The van der Waals surface area contributed by atoms with Gasteiger partial charge in [-0.25, -0.2) is 4.79 Å². The zero-order valence-corrected chi connectivity index (χ0v) is 19.0. The molecule has 170 valence electrons. The van der Waals surface area contributed by atoms with Gasteiger partial charge >= 0.3 is 0 Å². The first-order valence-electron chi connectivity index (χ1n) is 12.3. The van der Waals surface area contributed by atoms with E-state index < -0.39 is 5.91 Å². The molecule has 0 aliphatic rings. The van der Waals surface area contributed by atoms with Crippen molar-refractivity contribution < 1.29 is 14.8 Å². The maximum absolute atomic E-state index is 11.3. The largest absolute Gasteiger partial charge is 0.270 e. The number of hydroxylamine groups is 1. The molecular formula is C24H46N2O3. The van der Waals surface area contributed by atoms with Gasteiger partial charge in [0.15, 0.2) is 0 Å². The van der Waals surface area contributed by atoms with Crippen molar-refractivity contribution in [2.24, 2.45) is 5.10 Å². The fourth-order valence-corrected chi connectivity index (χ4v) is 3.73. The molecule has 0 aromatic carbocycles. The van der Waals surface area contributed by atoms with Gasteiger partial charge in [0.2, 0.25) is 0 Å². The fourth-order valence-electron chi connectivity index (χ4n) is 3.73. The van der Waals surface area contributed by atoms with E-state index in [-0.39, 0.29) is 11.6 Å². The molecule has 0 aliphatic heterocycles. The van der Waals surface area contributed by atoms with E-state index in [2.05, 4.69) is 12.0 Å². The minimum Gasteiger partial charge on any atom is -0.270 e. The summed E-state index contributed by atoms with van der Waals surface area (Å²) in [6.45, 7) is 2.28. The summed E-state index contributed by atoms with van der Waals surface area (Å²) in [7, 11) is 0. The molecule has 1 N–H and O–H groups in total. The normalized spacial score (nSPS) is 10.7. The molecular weight excluding hydrogens is 364 g/mol. The van der Waals surface area contributed by atoms with Gasteiger partial charge in [-0.3, -0.25) is 10.0 Å². The summed E-state index contributed by atoms with van der Waals surface area (Å²) in [5.41, 5.74) is 0. The van der Waals surface area contributed by atoms with Crippen LogP contribution in [0, 0.1) is 0 Å². The number of hydrogen-bond acceptors (Lipinski definition) is 4. The van der Waals surface area contributed by atoms with E-state index in [0.29, 0.717) is 0 Å². The molecule has 0 radical (unpaired) electrons. The van der Waals surface area contributed by atoms with E-state index >= 15 is 0 Å². The summed E-state index contributed by atoms with van der Waals surface area (Å²) >= 11 is 0. The first kappa shape index (κ1) is 27.8. The van der Waals surface area contributed by atoms with Gasteiger partial charge in [0.1, 0.15) is 0 Å². The molecule has 0 unspecified atom stereocenters. The highest BCUT2D eigenvalue weighted by molar-refractivity contribution is 5.74. The summed E-state index contributed by atoms with van der Waals surface area (Å²) in [5.74, 6) is -0.546. The Kier molecular flexibility index (Phi) is 22.1. The predicted octanol–water partition coefficient (Wildman–Crippen LogP) is 7.67. The van der Waals surface area contributed by atoms with Crippen LogP contribution in [0.25, 0.3) is 0 Å². The van der Waals surface area contributed by atoms with Gasteiger partial charge in [-0.05, 0) is 6.42 Å². The van der Waals surface area contributed by atoms with Crippen LogP contribution < -0.4 is 0 Å². The van der Waals surface area contributed by atoms with Gasteiger partial charge in [-0.15, -0.1) is 0 Å². The first-order chi connectivity index (χ1) is 14.2. The van der Waals surface area contributed by atoms with Crippen molar-refractivity contribution in [3.8, 4) is 0 Å². The van der Waals surface area contributed by atoms with Crippen molar-refractivity contribution in [2.75, 3.05) is 0 Å². The Balaban J connectivity index is 3.13. The van der Waals surface area contributed by atoms with Gasteiger partial charge in [-0.2, -0.15) is 0 Å². The molecule has 0 atom stereocenters. The average molecular weight is 411 g/mol. The number of unbranched alkanes of at least 4 members (excludes halogenated alkanes) is 19. The van der Waals surface area contributed by atoms with Crippen LogP contribution in [0.4, 0.5) is 0 Å². The second-order valence-corrected chi connectivity index (χ2v) is 8.34. The summed E-state index contributed by atoms with van der Waals surface area (Å²) < 4.78 is 0. The zero-order chi connectivity index (χ0) is 21.4. The standard InChI is InChI=1S/C24H46N2O3/c1-2-3-4-5-6-7-8-9-10-11-12-13-14-15-16-17-18-19-20-21-22-24(28)26(29)25-23-27/h29H,2-22H2,1H3. The molecule has 0 saturated carbocycles. The minimum atomic E-state index is -0.546. The molecule has 5 heteroatoms. The lowest BCUT2D eigenvalue weighted by Crippen LogP contribution is -2.20. The quantitative estimate of drug-likeness (QED) is 0.0654. The summed E-state index contributed by atoms with van der Waals surface area (Å²) in [5, 5.41) is 12.0. The Labute approximate surface area is 179 Å². The molecule has 0 aromatic heterocycles. The smallest absolute Gasteiger partial charge is 0.269 e. The number of hydrazone groups is 1. The van der Waals surface area contributed by atoms with Crippen molar-refractivity contribution in [1.82, 2.24) is 5.17 Å². The maximum Gasteiger partial charge on any atom is 0.269 e. The zero-order valence-electron chi connectivity index (χ0n) is 19.0. The average Bonchev–Trinajstić information content (AvgIpc) is 2.72. The molecule has 5 nitrogen and oxygen atoms in total. The number of nitrogens with zero attached hydrogens (tertiary/aromatic N) is 2. The molecule has 0 aromatic rings. The lowest BCUT2D eigenvalue weighted by Gasteiger charge is -2.06. The lowest BCUT2D eigenvalue weighted by atomic mass is 10.0. The first-order valence-corrected chi connectivity index (χ1v) is 12.3. The van der Waals surface area contributed by atoms with Gasteiger partial charge in [0, 0.05) is 6.42 Å². The number of rotatable bonds is 22. The molecule has 0 fully saturated rings. The number of carbonyl (C=O) groups excluding carboxylic acids is 2. The number of isocyanates is 1. The second-order valence-electron chi connectivity index (χ2n) is 8.34. The van der Waals surface area contributed by atoms with E-state index in [9.17, 15) is 9.59 Å². The fraction of sp³-hybridized carbons (Fsp3) is 0.917.